The number of hydrogen-bond donors (Lipinski definition) is 2. The van der Waals surface area contributed by atoms with Gasteiger partial charge in [0.15, 0.2) is 11.7 Å². The van der Waals surface area contributed by atoms with Crippen molar-refractivity contribution < 1.29 is 14.0 Å². The van der Waals surface area contributed by atoms with Crippen molar-refractivity contribution in [1.29, 1.82) is 0 Å². The molecular weight excluding hydrogens is 368 g/mol. The van der Waals surface area contributed by atoms with Crippen LogP contribution in [0.25, 0.3) is 0 Å². The highest BCUT2D eigenvalue weighted by molar-refractivity contribution is 5.93. The predicted octanol–water partition coefficient (Wildman–Crippen LogP) is 4.57. The molecule has 1 heterocycles. The second-order valence-electron chi connectivity index (χ2n) is 6.77. The number of ether oxygens (including phenoxy) is 2. The van der Waals surface area contributed by atoms with E-state index in [1.807, 2.05) is 37.3 Å². The van der Waals surface area contributed by atoms with Gasteiger partial charge in [0, 0.05) is 50.4 Å². The zero-order valence-corrected chi connectivity index (χ0v) is 18.0. The third-order valence-electron chi connectivity index (χ3n) is 4.58. The number of methoxy groups -OCH3 is 1. The molecule has 0 spiro atoms. The first kappa shape index (κ1) is 22.7. The maximum absolute atomic E-state index is 5.76. The van der Waals surface area contributed by atoms with E-state index in [0.717, 1.165) is 48.7 Å². The summed E-state index contributed by atoms with van der Waals surface area (Å²) in [5.74, 6) is 2.70. The topological polar surface area (TPSA) is 80.9 Å². The lowest BCUT2D eigenvalue weighted by molar-refractivity contribution is 0.172. The lowest BCUT2D eigenvalue weighted by atomic mass is 9.99. The van der Waals surface area contributed by atoms with Gasteiger partial charge in [0.2, 0.25) is 0 Å². The average molecular weight is 403 g/mol. The summed E-state index contributed by atoms with van der Waals surface area (Å²) in [6.45, 7) is 8.87. The molecule has 29 heavy (non-hydrogen) atoms. The summed E-state index contributed by atoms with van der Waals surface area (Å²) in [4.78, 5) is 4.62. The molecule has 7 nitrogen and oxygen atoms in total. The van der Waals surface area contributed by atoms with Crippen LogP contribution in [0.4, 0.5) is 5.69 Å². The number of rotatable bonds is 12. The van der Waals surface area contributed by atoms with Crippen LogP contribution < -0.4 is 15.4 Å². The Bertz CT molecular complexity index is 741. The third kappa shape index (κ3) is 7.77. The molecule has 0 bridgehead atoms. The Balaban J connectivity index is 1.98. The molecule has 0 saturated carbocycles. The molecule has 0 saturated heterocycles. The van der Waals surface area contributed by atoms with Crippen LogP contribution in [0.15, 0.2) is 39.8 Å². The van der Waals surface area contributed by atoms with Gasteiger partial charge >= 0.3 is 0 Å². The minimum absolute atomic E-state index is 0.426. The number of nitrogens with zero attached hydrogens (tertiary/aromatic N) is 2. The Labute approximate surface area is 173 Å². The Kier molecular flexibility index (Phi) is 10.1. The number of hydrogen-bond acceptors (Lipinski definition) is 5. The van der Waals surface area contributed by atoms with Gasteiger partial charge in [0.05, 0.1) is 12.3 Å². The second-order valence-corrected chi connectivity index (χ2v) is 6.77. The number of benzene rings is 1. The van der Waals surface area contributed by atoms with Crippen LogP contribution in [0, 0.1) is 0 Å². The first-order valence-electron chi connectivity index (χ1n) is 10.4. The van der Waals surface area contributed by atoms with Crippen molar-refractivity contribution in [3.63, 3.8) is 0 Å². The van der Waals surface area contributed by atoms with E-state index in [-0.39, 0.29) is 0 Å². The van der Waals surface area contributed by atoms with E-state index in [1.54, 1.807) is 7.11 Å². The fraction of sp³-hybridized carbons (Fsp3) is 0.545. The molecule has 2 N–H and O–H groups in total. The highest BCUT2D eigenvalue weighted by atomic mass is 16.5. The van der Waals surface area contributed by atoms with E-state index in [9.17, 15) is 0 Å². The second kappa shape index (κ2) is 12.8. The Morgan fingerprint density at radius 3 is 2.72 bits per heavy atom. The van der Waals surface area contributed by atoms with Crippen molar-refractivity contribution in [1.82, 2.24) is 10.5 Å². The van der Waals surface area contributed by atoms with Gasteiger partial charge in [0.1, 0.15) is 12.3 Å². The summed E-state index contributed by atoms with van der Waals surface area (Å²) >= 11 is 0. The minimum atomic E-state index is 0.426. The van der Waals surface area contributed by atoms with E-state index < -0.39 is 0 Å². The number of nitrogens with one attached hydrogen (secondary N) is 2. The van der Waals surface area contributed by atoms with Crippen molar-refractivity contribution in [2.24, 2.45) is 4.99 Å². The maximum Gasteiger partial charge on any atom is 0.196 e. The minimum Gasteiger partial charge on any atom is -0.493 e. The van der Waals surface area contributed by atoms with Crippen molar-refractivity contribution in [3.8, 4) is 5.75 Å². The van der Waals surface area contributed by atoms with Crippen LogP contribution >= 0.6 is 0 Å². The SMILES string of the molecule is CCNC(=NCc1cc(C(CC)CC)no1)Nc1cccc(OCCCOC)c1. The maximum atomic E-state index is 5.76. The van der Waals surface area contributed by atoms with Gasteiger partial charge in [-0.1, -0.05) is 25.1 Å². The Hall–Kier alpha value is -2.54. The monoisotopic (exact) mass is 402 g/mol. The van der Waals surface area contributed by atoms with Crippen molar-refractivity contribution in [3.05, 3.63) is 41.8 Å². The zero-order valence-electron chi connectivity index (χ0n) is 18.0. The van der Waals surface area contributed by atoms with Crippen molar-refractivity contribution in [2.45, 2.75) is 52.5 Å². The van der Waals surface area contributed by atoms with E-state index in [2.05, 4.69) is 34.6 Å². The smallest absolute Gasteiger partial charge is 0.196 e. The number of guanidine groups is 1. The molecule has 2 rings (SSSR count). The van der Waals surface area contributed by atoms with Crippen LogP contribution in [-0.4, -0.2) is 38.0 Å². The standard InChI is InChI=1S/C22H34N4O3/c1-5-17(6-2)21-15-20(29-26-21)16-24-22(23-7-3)25-18-10-8-11-19(14-18)28-13-9-12-27-4/h8,10-11,14-15,17H,5-7,9,12-13,16H2,1-4H3,(H2,23,24,25). The van der Waals surface area contributed by atoms with E-state index in [1.165, 1.54) is 0 Å². The summed E-state index contributed by atoms with van der Waals surface area (Å²) in [5.41, 5.74) is 1.92. The van der Waals surface area contributed by atoms with Gasteiger partial charge in [-0.15, -0.1) is 0 Å². The van der Waals surface area contributed by atoms with Gasteiger partial charge in [-0.2, -0.15) is 0 Å². The summed E-state index contributed by atoms with van der Waals surface area (Å²) in [6.07, 6.45) is 2.97. The van der Waals surface area contributed by atoms with Crippen LogP contribution in [-0.2, 0) is 11.3 Å². The largest absolute Gasteiger partial charge is 0.493 e. The highest BCUT2D eigenvalue weighted by Gasteiger charge is 2.13. The fourth-order valence-electron chi connectivity index (χ4n) is 2.96. The molecule has 0 unspecified atom stereocenters. The van der Waals surface area contributed by atoms with Gasteiger partial charge < -0.3 is 24.6 Å². The summed E-state index contributed by atoms with van der Waals surface area (Å²) in [5, 5.41) is 10.8. The molecule has 1 aromatic heterocycles. The quantitative estimate of drug-likeness (QED) is 0.307. The van der Waals surface area contributed by atoms with Gasteiger partial charge in [0.25, 0.3) is 0 Å². The molecule has 1 aromatic carbocycles. The predicted molar refractivity (Wildman–Crippen MR) is 117 cm³/mol. The molecule has 0 fully saturated rings. The first-order valence-corrected chi connectivity index (χ1v) is 10.4. The summed E-state index contributed by atoms with van der Waals surface area (Å²) in [6, 6.07) is 9.85. The molecule has 7 heteroatoms. The van der Waals surface area contributed by atoms with Gasteiger partial charge in [-0.05, 0) is 31.9 Å². The zero-order chi connectivity index (χ0) is 20.9. The van der Waals surface area contributed by atoms with Crippen LogP contribution in [0.1, 0.15) is 57.4 Å². The van der Waals surface area contributed by atoms with E-state index in [0.29, 0.717) is 31.6 Å². The molecular formula is C22H34N4O3. The molecule has 160 valence electrons. The molecule has 0 aliphatic heterocycles. The molecule has 0 aliphatic carbocycles. The Morgan fingerprint density at radius 1 is 1.17 bits per heavy atom. The number of aromatic nitrogens is 1. The molecule has 0 radical (unpaired) electrons. The molecule has 0 aliphatic rings. The summed E-state index contributed by atoms with van der Waals surface area (Å²) < 4.78 is 16.3. The lowest BCUT2D eigenvalue weighted by Gasteiger charge is -2.12. The third-order valence-corrected chi connectivity index (χ3v) is 4.58. The normalized spacial score (nSPS) is 11.7. The van der Waals surface area contributed by atoms with Crippen molar-refractivity contribution >= 4 is 11.6 Å². The average Bonchev–Trinajstić information content (AvgIpc) is 3.20. The molecule has 2 aromatic rings. The number of aliphatic imine (C=N–C) groups is 1. The first-order chi connectivity index (χ1) is 14.2. The van der Waals surface area contributed by atoms with Crippen LogP contribution in [0.3, 0.4) is 0 Å². The van der Waals surface area contributed by atoms with Gasteiger partial charge in [-0.25, -0.2) is 4.99 Å². The van der Waals surface area contributed by atoms with Crippen LogP contribution in [0.2, 0.25) is 0 Å². The van der Waals surface area contributed by atoms with E-state index >= 15 is 0 Å². The Morgan fingerprint density at radius 2 is 2.00 bits per heavy atom. The van der Waals surface area contributed by atoms with Crippen molar-refractivity contribution in [2.75, 3.05) is 32.2 Å². The molecule has 0 amide bonds. The lowest BCUT2D eigenvalue weighted by Crippen LogP contribution is -2.30. The molecule has 0 atom stereocenters. The number of anilines is 1. The summed E-state index contributed by atoms with van der Waals surface area (Å²) in [7, 11) is 1.69. The van der Waals surface area contributed by atoms with Gasteiger partial charge in [-0.3, -0.25) is 0 Å². The van der Waals surface area contributed by atoms with Crippen LogP contribution in [0.5, 0.6) is 5.75 Å². The van der Waals surface area contributed by atoms with E-state index in [4.69, 9.17) is 14.0 Å². The highest BCUT2D eigenvalue weighted by Crippen LogP contribution is 2.22. The fourth-order valence-corrected chi connectivity index (χ4v) is 2.96.